The summed E-state index contributed by atoms with van der Waals surface area (Å²) >= 11 is 0. The summed E-state index contributed by atoms with van der Waals surface area (Å²) in [4.78, 5) is 12.9. The number of hydrogen-bond acceptors (Lipinski definition) is 2. The maximum atomic E-state index is 12.9. The van der Waals surface area contributed by atoms with Gasteiger partial charge < -0.3 is 10.6 Å². The first-order chi connectivity index (χ1) is 11.6. The summed E-state index contributed by atoms with van der Waals surface area (Å²) in [5.74, 6) is 2.14. The third-order valence-corrected chi connectivity index (χ3v) is 6.20. The van der Waals surface area contributed by atoms with Gasteiger partial charge in [-0.1, -0.05) is 51.0 Å². The molecule has 4 atom stereocenters. The summed E-state index contributed by atoms with van der Waals surface area (Å²) in [6.45, 7) is 8.55. The molecule has 132 valence electrons. The van der Waals surface area contributed by atoms with E-state index in [2.05, 4.69) is 55.7 Å². The van der Waals surface area contributed by atoms with E-state index in [1.165, 1.54) is 36.8 Å². The fraction of sp³-hybridized carbons (Fsp3) is 0.667. The van der Waals surface area contributed by atoms with E-state index in [0.29, 0.717) is 11.8 Å². The number of carbonyl (C=O) groups is 1. The quantitative estimate of drug-likeness (QED) is 0.862. The number of hydrogen-bond donors (Lipinski definition) is 2. The van der Waals surface area contributed by atoms with Gasteiger partial charge in [0, 0.05) is 5.92 Å². The van der Waals surface area contributed by atoms with Crippen LogP contribution in [0.15, 0.2) is 24.3 Å². The SMILES string of the molecule is Cc1ccccc1C(NC(=O)C(C)C1CNC1)C1CCCC(C)C1. The first-order valence-electron chi connectivity index (χ1n) is 9.63. The van der Waals surface area contributed by atoms with E-state index in [4.69, 9.17) is 0 Å². The van der Waals surface area contributed by atoms with Crippen molar-refractivity contribution >= 4 is 5.91 Å². The maximum absolute atomic E-state index is 12.9. The van der Waals surface area contributed by atoms with E-state index in [-0.39, 0.29) is 17.9 Å². The van der Waals surface area contributed by atoms with E-state index >= 15 is 0 Å². The number of aryl methyl sites for hydroxylation is 1. The summed E-state index contributed by atoms with van der Waals surface area (Å²) in [5, 5.41) is 6.73. The normalized spacial score (nSPS) is 27.1. The Labute approximate surface area is 146 Å². The van der Waals surface area contributed by atoms with Crippen LogP contribution in [-0.4, -0.2) is 19.0 Å². The molecule has 1 amide bonds. The van der Waals surface area contributed by atoms with Crippen LogP contribution >= 0.6 is 0 Å². The van der Waals surface area contributed by atoms with Gasteiger partial charge in [0.1, 0.15) is 0 Å². The molecular formula is C21H32N2O. The molecular weight excluding hydrogens is 296 g/mol. The third-order valence-electron chi connectivity index (χ3n) is 6.20. The first kappa shape index (κ1) is 17.5. The van der Waals surface area contributed by atoms with Gasteiger partial charge in [0.15, 0.2) is 0 Å². The monoisotopic (exact) mass is 328 g/mol. The molecule has 4 unspecified atom stereocenters. The van der Waals surface area contributed by atoms with Gasteiger partial charge in [-0.3, -0.25) is 4.79 Å². The van der Waals surface area contributed by atoms with Crippen LogP contribution in [-0.2, 0) is 4.79 Å². The first-order valence-corrected chi connectivity index (χ1v) is 9.63. The van der Waals surface area contributed by atoms with Crippen molar-refractivity contribution in [1.29, 1.82) is 0 Å². The highest BCUT2D eigenvalue weighted by Gasteiger charge is 2.34. The second kappa shape index (κ2) is 7.69. The largest absolute Gasteiger partial charge is 0.349 e. The Bertz CT molecular complexity index is 567. The van der Waals surface area contributed by atoms with E-state index in [0.717, 1.165) is 19.0 Å². The van der Waals surface area contributed by atoms with Crippen molar-refractivity contribution in [3.63, 3.8) is 0 Å². The average molecular weight is 329 g/mol. The van der Waals surface area contributed by atoms with Gasteiger partial charge in [0.2, 0.25) is 5.91 Å². The Morgan fingerprint density at radius 1 is 1.21 bits per heavy atom. The van der Waals surface area contributed by atoms with Gasteiger partial charge in [-0.2, -0.15) is 0 Å². The molecule has 2 aliphatic rings. The number of carbonyl (C=O) groups excluding carboxylic acids is 1. The molecule has 1 aliphatic carbocycles. The molecule has 3 rings (SSSR count). The zero-order valence-electron chi connectivity index (χ0n) is 15.3. The lowest BCUT2D eigenvalue weighted by atomic mass is 9.75. The Morgan fingerprint density at radius 2 is 1.96 bits per heavy atom. The minimum absolute atomic E-state index is 0.0961. The molecule has 2 fully saturated rings. The topological polar surface area (TPSA) is 41.1 Å². The van der Waals surface area contributed by atoms with Crippen LogP contribution in [0, 0.1) is 30.6 Å². The van der Waals surface area contributed by atoms with Crippen molar-refractivity contribution in [2.45, 2.75) is 52.5 Å². The maximum Gasteiger partial charge on any atom is 0.223 e. The molecule has 3 heteroatoms. The molecule has 1 heterocycles. The van der Waals surface area contributed by atoms with Crippen LogP contribution in [0.4, 0.5) is 0 Å². The number of rotatable bonds is 5. The van der Waals surface area contributed by atoms with Crippen molar-refractivity contribution < 1.29 is 4.79 Å². The van der Waals surface area contributed by atoms with Crippen LogP contribution in [0.3, 0.4) is 0 Å². The van der Waals surface area contributed by atoms with Crippen LogP contribution < -0.4 is 10.6 Å². The van der Waals surface area contributed by atoms with Gasteiger partial charge in [-0.15, -0.1) is 0 Å². The Hall–Kier alpha value is -1.35. The van der Waals surface area contributed by atoms with Crippen molar-refractivity contribution in [1.82, 2.24) is 10.6 Å². The lowest BCUT2D eigenvalue weighted by molar-refractivity contribution is -0.128. The Kier molecular flexibility index (Phi) is 5.60. The number of amides is 1. The fourth-order valence-electron chi connectivity index (χ4n) is 4.33. The molecule has 3 nitrogen and oxygen atoms in total. The number of benzene rings is 1. The summed E-state index contributed by atoms with van der Waals surface area (Å²) in [5.41, 5.74) is 2.60. The molecule has 1 aromatic carbocycles. The fourth-order valence-corrected chi connectivity index (χ4v) is 4.33. The zero-order chi connectivity index (χ0) is 17.1. The molecule has 0 aromatic heterocycles. The Balaban J connectivity index is 1.79. The van der Waals surface area contributed by atoms with Gasteiger partial charge in [-0.25, -0.2) is 0 Å². The van der Waals surface area contributed by atoms with Crippen molar-refractivity contribution in [2.24, 2.45) is 23.7 Å². The Morgan fingerprint density at radius 3 is 2.58 bits per heavy atom. The molecule has 0 radical (unpaired) electrons. The van der Waals surface area contributed by atoms with Gasteiger partial charge in [0.05, 0.1) is 6.04 Å². The average Bonchev–Trinajstić information content (AvgIpc) is 2.51. The molecule has 2 N–H and O–H groups in total. The predicted molar refractivity (Wildman–Crippen MR) is 98.7 cm³/mol. The standard InChI is InChI=1S/C21H32N2O/c1-14-7-6-9-17(11-14)20(19-10-5-4-8-15(19)2)23-21(24)16(3)18-12-22-13-18/h4-5,8,10,14,16-18,20,22H,6-7,9,11-13H2,1-3H3,(H,23,24). The second-order valence-corrected chi connectivity index (χ2v) is 8.08. The third kappa shape index (κ3) is 3.83. The van der Waals surface area contributed by atoms with Crippen LogP contribution in [0.1, 0.15) is 56.7 Å². The molecule has 1 aliphatic heterocycles. The van der Waals surface area contributed by atoms with Crippen molar-refractivity contribution in [3.05, 3.63) is 35.4 Å². The summed E-state index contributed by atoms with van der Waals surface area (Å²) in [6.07, 6.45) is 5.06. The smallest absolute Gasteiger partial charge is 0.223 e. The van der Waals surface area contributed by atoms with Crippen molar-refractivity contribution in [2.75, 3.05) is 13.1 Å². The van der Waals surface area contributed by atoms with Gasteiger partial charge in [0.25, 0.3) is 0 Å². The molecule has 1 saturated heterocycles. The van der Waals surface area contributed by atoms with Crippen molar-refractivity contribution in [3.8, 4) is 0 Å². The highest BCUT2D eigenvalue weighted by Crippen LogP contribution is 2.38. The van der Waals surface area contributed by atoms with E-state index in [1.54, 1.807) is 0 Å². The van der Waals surface area contributed by atoms with E-state index in [9.17, 15) is 4.79 Å². The minimum Gasteiger partial charge on any atom is -0.349 e. The molecule has 1 saturated carbocycles. The molecule has 1 aromatic rings. The second-order valence-electron chi connectivity index (χ2n) is 8.08. The molecule has 0 spiro atoms. The van der Waals surface area contributed by atoms with E-state index < -0.39 is 0 Å². The molecule has 24 heavy (non-hydrogen) atoms. The van der Waals surface area contributed by atoms with Crippen LogP contribution in [0.5, 0.6) is 0 Å². The minimum atomic E-state index is 0.0961. The summed E-state index contributed by atoms with van der Waals surface area (Å²) in [6, 6.07) is 8.73. The van der Waals surface area contributed by atoms with Crippen LogP contribution in [0.25, 0.3) is 0 Å². The van der Waals surface area contributed by atoms with Gasteiger partial charge >= 0.3 is 0 Å². The number of nitrogens with one attached hydrogen (secondary N) is 2. The predicted octanol–water partition coefficient (Wildman–Crippen LogP) is 3.83. The van der Waals surface area contributed by atoms with Crippen LogP contribution in [0.2, 0.25) is 0 Å². The highest BCUT2D eigenvalue weighted by molar-refractivity contribution is 5.79. The lowest BCUT2D eigenvalue weighted by Crippen LogP contribution is -2.50. The summed E-state index contributed by atoms with van der Waals surface area (Å²) < 4.78 is 0. The highest BCUT2D eigenvalue weighted by atomic mass is 16.2. The van der Waals surface area contributed by atoms with Gasteiger partial charge in [-0.05, 0) is 61.7 Å². The molecule has 0 bridgehead atoms. The zero-order valence-corrected chi connectivity index (χ0v) is 15.3. The van der Waals surface area contributed by atoms with E-state index in [1.807, 2.05) is 0 Å². The lowest BCUT2D eigenvalue weighted by Gasteiger charge is -2.37. The summed E-state index contributed by atoms with van der Waals surface area (Å²) in [7, 11) is 0.